The molecule has 0 saturated heterocycles. The highest BCUT2D eigenvalue weighted by Gasteiger charge is 2.20. The average molecular weight is 374 g/mol. The Balaban J connectivity index is 2.45. The lowest BCUT2D eigenvalue weighted by Gasteiger charge is -2.23. The topological polar surface area (TPSA) is 102 Å². The summed E-state index contributed by atoms with van der Waals surface area (Å²) in [7, 11) is 8.73. The molecule has 0 N–H and O–H groups in total. The first-order chi connectivity index (χ1) is 12.7. The predicted molar refractivity (Wildman–Crippen MR) is 102 cm³/mol. The summed E-state index contributed by atoms with van der Waals surface area (Å²) in [5.41, 5.74) is 1.58. The summed E-state index contributed by atoms with van der Waals surface area (Å²) in [4.78, 5) is 35.0. The van der Waals surface area contributed by atoms with Gasteiger partial charge < -0.3 is 14.5 Å². The summed E-state index contributed by atoms with van der Waals surface area (Å²) < 4.78 is 4.79. The first-order valence-corrected chi connectivity index (χ1v) is 8.27. The minimum Gasteiger partial charge on any atom is -0.469 e. The van der Waals surface area contributed by atoms with Gasteiger partial charge in [0.05, 0.1) is 18.5 Å². The highest BCUT2D eigenvalue weighted by Crippen LogP contribution is 2.27. The lowest BCUT2D eigenvalue weighted by molar-refractivity contribution is -0.384. The average Bonchev–Trinajstić information content (AvgIpc) is 2.62. The second kappa shape index (κ2) is 8.43. The maximum absolute atomic E-state index is 11.8. The number of anilines is 2. The number of aromatic nitrogens is 2. The number of ether oxygens (including phenoxy) is 1. The monoisotopic (exact) mass is 374 g/mol. The van der Waals surface area contributed by atoms with Crippen molar-refractivity contribution in [2.24, 2.45) is 0 Å². The van der Waals surface area contributed by atoms with Crippen LogP contribution in [0.2, 0.25) is 0 Å². The van der Waals surface area contributed by atoms with E-state index in [1.165, 1.54) is 19.2 Å². The van der Waals surface area contributed by atoms with E-state index in [9.17, 15) is 14.9 Å². The molecule has 0 radical (unpaired) electrons. The smallest absolute Gasteiger partial charge is 0.310 e. The Kier molecular flexibility index (Phi) is 6.27. The van der Waals surface area contributed by atoms with Crippen LogP contribution in [0, 0.1) is 10.1 Å². The van der Waals surface area contributed by atoms with Crippen molar-refractivity contribution in [3.63, 3.8) is 0 Å². The standard InChI is InChI=1S/C18H23N5O4/c1-21(2)17-14(11-16(24)27-5)18(22(3)4)20-15(19-17)10-12-6-8-13(9-7-12)23(25)26/h6-9H,10-11H2,1-5H3/i15+1. The van der Waals surface area contributed by atoms with Gasteiger partial charge >= 0.3 is 5.97 Å². The van der Waals surface area contributed by atoms with Crippen molar-refractivity contribution in [3.8, 4) is 0 Å². The second-order valence-electron chi connectivity index (χ2n) is 6.41. The number of nitrogens with zero attached hydrogens (tertiary/aromatic N) is 5. The molecule has 1 heterocycles. The quantitative estimate of drug-likeness (QED) is 0.411. The van der Waals surface area contributed by atoms with Crippen LogP contribution in [0.25, 0.3) is 0 Å². The van der Waals surface area contributed by atoms with Crippen molar-refractivity contribution >= 4 is 23.3 Å². The Bertz CT molecular complexity index is 805. The number of nitro benzene ring substituents is 1. The molecule has 0 bridgehead atoms. The van der Waals surface area contributed by atoms with Gasteiger partial charge in [-0.05, 0) is 5.56 Å². The van der Waals surface area contributed by atoms with Crippen molar-refractivity contribution in [2.45, 2.75) is 12.8 Å². The molecule has 144 valence electrons. The van der Waals surface area contributed by atoms with Crippen LogP contribution in [-0.2, 0) is 22.4 Å². The Morgan fingerprint density at radius 3 is 2.00 bits per heavy atom. The van der Waals surface area contributed by atoms with Crippen LogP contribution >= 0.6 is 0 Å². The fourth-order valence-corrected chi connectivity index (χ4v) is 2.62. The van der Waals surface area contributed by atoms with E-state index in [1.807, 2.05) is 38.0 Å². The second-order valence-corrected chi connectivity index (χ2v) is 6.41. The third-order valence-electron chi connectivity index (χ3n) is 3.92. The Labute approximate surface area is 157 Å². The lowest BCUT2D eigenvalue weighted by Crippen LogP contribution is -2.23. The largest absolute Gasteiger partial charge is 0.469 e. The number of carbonyl (C=O) groups excluding carboxylic acids is 1. The van der Waals surface area contributed by atoms with E-state index >= 15 is 0 Å². The minimum absolute atomic E-state index is 0.0380. The van der Waals surface area contributed by atoms with E-state index in [2.05, 4.69) is 9.97 Å². The molecule has 0 aliphatic heterocycles. The van der Waals surface area contributed by atoms with E-state index in [0.29, 0.717) is 29.4 Å². The number of nitro groups is 1. The summed E-state index contributed by atoms with van der Waals surface area (Å²) in [5.74, 6) is 1.46. The third-order valence-corrected chi connectivity index (χ3v) is 3.92. The highest BCUT2D eigenvalue weighted by atomic mass is 16.6. The molecule has 0 fully saturated rings. The number of esters is 1. The predicted octanol–water partition coefficient (Wildman–Crippen LogP) is 1.82. The van der Waals surface area contributed by atoms with Gasteiger partial charge in [0.1, 0.15) is 17.5 Å². The summed E-state index contributed by atoms with van der Waals surface area (Å²) in [6.45, 7) is 0. The molecule has 0 spiro atoms. The number of hydrogen-bond acceptors (Lipinski definition) is 8. The van der Waals surface area contributed by atoms with Crippen LogP contribution in [0.4, 0.5) is 17.3 Å². The molecule has 0 atom stereocenters. The van der Waals surface area contributed by atoms with Gasteiger partial charge in [0.25, 0.3) is 5.69 Å². The molecule has 27 heavy (non-hydrogen) atoms. The number of hydrogen-bond donors (Lipinski definition) is 0. The lowest BCUT2D eigenvalue weighted by atomic mass is 10.1. The molecule has 2 aromatic rings. The zero-order valence-corrected chi connectivity index (χ0v) is 16.1. The molecule has 0 unspecified atom stereocenters. The summed E-state index contributed by atoms with van der Waals surface area (Å²) in [5, 5.41) is 10.8. The molecular weight excluding hydrogens is 351 g/mol. The van der Waals surface area contributed by atoms with Gasteiger partial charge in [0.2, 0.25) is 0 Å². The Hall–Kier alpha value is -3.23. The minimum atomic E-state index is -0.434. The van der Waals surface area contributed by atoms with Crippen LogP contribution in [-0.4, -0.2) is 56.2 Å². The van der Waals surface area contributed by atoms with E-state index in [0.717, 1.165) is 5.56 Å². The van der Waals surface area contributed by atoms with Crippen molar-refractivity contribution < 1.29 is 14.5 Å². The summed E-state index contributed by atoms with van der Waals surface area (Å²) in [6.07, 6.45) is 0.480. The van der Waals surface area contributed by atoms with Crippen LogP contribution in [0.3, 0.4) is 0 Å². The Morgan fingerprint density at radius 2 is 1.59 bits per heavy atom. The molecule has 0 saturated carbocycles. The number of benzene rings is 1. The van der Waals surface area contributed by atoms with Gasteiger partial charge in [0.15, 0.2) is 0 Å². The molecule has 2 rings (SSSR count). The first-order valence-electron chi connectivity index (χ1n) is 8.27. The van der Waals surface area contributed by atoms with Crippen molar-refractivity contribution in [1.82, 2.24) is 9.97 Å². The number of methoxy groups -OCH3 is 1. The van der Waals surface area contributed by atoms with Gasteiger partial charge in [-0.2, -0.15) is 0 Å². The summed E-state index contributed by atoms with van der Waals surface area (Å²) >= 11 is 0. The molecule has 1 aromatic carbocycles. The first kappa shape index (κ1) is 20.1. The highest BCUT2D eigenvalue weighted by molar-refractivity contribution is 5.77. The molecule has 0 aliphatic carbocycles. The molecule has 9 heteroatoms. The van der Waals surface area contributed by atoms with E-state index < -0.39 is 4.92 Å². The number of non-ortho nitro benzene ring substituents is 1. The van der Waals surface area contributed by atoms with Crippen LogP contribution < -0.4 is 9.80 Å². The van der Waals surface area contributed by atoms with Crippen molar-refractivity contribution in [3.05, 3.63) is 51.3 Å². The van der Waals surface area contributed by atoms with Crippen LogP contribution in [0.15, 0.2) is 24.3 Å². The molecule has 0 amide bonds. The zero-order valence-electron chi connectivity index (χ0n) is 16.1. The van der Waals surface area contributed by atoms with Crippen LogP contribution in [0.1, 0.15) is 17.0 Å². The fourth-order valence-electron chi connectivity index (χ4n) is 2.62. The van der Waals surface area contributed by atoms with E-state index in [4.69, 9.17) is 4.74 Å². The SMILES string of the molecule is COC(=O)Cc1c(N(C)C)n[13c](Cc2ccc([N+](=O)[O-])cc2)nc1N(C)C. The van der Waals surface area contributed by atoms with E-state index in [-0.39, 0.29) is 18.1 Å². The van der Waals surface area contributed by atoms with Gasteiger partial charge in [-0.25, -0.2) is 9.97 Å². The molecule has 1 aromatic heterocycles. The maximum atomic E-state index is 11.8. The number of rotatable bonds is 7. The number of carbonyl (C=O) groups is 1. The molecule has 0 aliphatic rings. The van der Waals surface area contributed by atoms with Gasteiger partial charge in [0, 0.05) is 52.3 Å². The van der Waals surface area contributed by atoms with Gasteiger partial charge in [-0.15, -0.1) is 0 Å². The zero-order chi connectivity index (χ0) is 20.1. The normalized spacial score (nSPS) is 10.4. The van der Waals surface area contributed by atoms with Crippen molar-refractivity contribution in [2.75, 3.05) is 45.1 Å². The third kappa shape index (κ3) is 4.90. The van der Waals surface area contributed by atoms with Crippen molar-refractivity contribution in [1.29, 1.82) is 0 Å². The van der Waals surface area contributed by atoms with Crippen LogP contribution in [0.5, 0.6) is 0 Å². The molecule has 9 nitrogen and oxygen atoms in total. The van der Waals surface area contributed by atoms with E-state index in [1.54, 1.807) is 12.1 Å². The molecular formula is C18H23N5O4. The van der Waals surface area contributed by atoms with Gasteiger partial charge in [-0.1, -0.05) is 12.1 Å². The Morgan fingerprint density at radius 1 is 1.07 bits per heavy atom. The summed E-state index contributed by atoms with van der Waals surface area (Å²) in [6, 6.07) is 6.30. The van der Waals surface area contributed by atoms with Gasteiger partial charge in [-0.3, -0.25) is 14.9 Å². The maximum Gasteiger partial charge on any atom is 0.310 e. The fraction of sp³-hybridized carbons (Fsp3) is 0.389.